The molecule has 2 fully saturated rings. The fourth-order valence-electron chi connectivity index (χ4n) is 4.84. The molecule has 1 N–H and O–H groups in total. The predicted octanol–water partition coefficient (Wildman–Crippen LogP) is 5.21. The fraction of sp³-hybridized carbons (Fsp3) is 0.519. The average molecular weight is 499 g/mol. The molecule has 4 rings (SSSR count). The van der Waals surface area contributed by atoms with Gasteiger partial charge in [-0.3, -0.25) is 14.6 Å². The zero-order chi connectivity index (χ0) is 22.3. The molecule has 1 amide bonds. The maximum Gasteiger partial charge on any atom is 0.224 e. The minimum absolute atomic E-state index is 0.0833. The molecule has 0 saturated carbocycles. The summed E-state index contributed by atoms with van der Waals surface area (Å²) in [4.78, 5) is 17.8. The van der Waals surface area contributed by atoms with Gasteiger partial charge in [0, 0.05) is 30.7 Å². The smallest absolute Gasteiger partial charge is 0.224 e. The van der Waals surface area contributed by atoms with Crippen molar-refractivity contribution in [3.63, 3.8) is 0 Å². The van der Waals surface area contributed by atoms with Crippen LogP contribution in [0.25, 0.3) is 0 Å². The molecule has 0 aromatic heterocycles. The lowest BCUT2D eigenvalue weighted by Gasteiger charge is -2.32. The zero-order valence-corrected chi connectivity index (χ0v) is 20.8. The molecule has 0 radical (unpaired) electrons. The Morgan fingerprint density at radius 3 is 2.16 bits per heavy atom. The van der Waals surface area contributed by atoms with Crippen molar-refractivity contribution >= 4 is 21.8 Å². The van der Waals surface area contributed by atoms with E-state index in [1.807, 2.05) is 0 Å². The van der Waals surface area contributed by atoms with Crippen LogP contribution in [-0.2, 0) is 24.4 Å². The lowest BCUT2D eigenvalue weighted by atomic mass is 9.96. The van der Waals surface area contributed by atoms with E-state index in [1.165, 1.54) is 42.6 Å². The van der Waals surface area contributed by atoms with Gasteiger partial charge in [-0.2, -0.15) is 0 Å². The molecule has 2 heterocycles. The SMILES string of the molecule is CC1CCN(Cc2ccc(CNC(=O)C3CCCN(Cc4ccc(Br)cc4)C3)cc2)CC1. The van der Waals surface area contributed by atoms with E-state index in [9.17, 15) is 4.79 Å². The van der Waals surface area contributed by atoms with Crippen LogP contribution in [0.15, 0.2) is 53.0 Å². The van der Waals surface area contributed by atoms with Crippen molar-refractivity contribution in [2.45, 2.75) is 52.2 Å². The van der Waals surface area contributed by atoms with E-state index >= 15 is 0 Å². The van der Waals surface area contributed by atoms with Gasteiger partial charge in [0.2, 0.25) is 5.91 Å². The Bertz CT molecular complexity index is 859. The normalized spacial score (nSPS) is 20.9. The molecule has 32 heavy (non-hydrogen) atoms. The number of piperidine rings is 2. The van der Waals surface area contributed by atoms with Crippen molar-refractivity contribution in [3.8, 4) is 0 Å². The van der Waals surface area contributed by atoms with E-state index < -0.39 is 0 Å². The Balaban J connectivity index is 1.22. The van der Waals surface area contributed by atoms with Gasteiger partial charge in [-0.1, -0.05) is 59.3 Å². The second-order valence-electron chi connectivity index (χ2n) is 9.69. The van der Waals surface area contributed by atoms with Gasteiger partial charge in [0.25, 0.3) is 0 Å². The molecule has 2 aliphatic heterocycles. The monoisotopic (exact) mass is 497 g/mol. The summed E-state index contributed by atoms with van der Waals surface area (Å²) in [6, 6.07) is 17.3. The number of hydrogen-bond acceptors (Lipinski definition) is 3. The van der Waals surface area contributed by atoms with E-state index in [4.69, 9.17) is 0 Å². The molecule has 0 aliphatic carbocycles. The van der Waals surface area contributed by atoms with Crippen LogP contribution in [0.4, 0.5) is 0 Å². The summed E-state index contributed by atoms with van der Waals surface area (Å²) in [5.41, 5.74) is 3.84. The molecule has 0 bridgehead atoms. The first kappa shape index (κ1) is 23.5. The predicted molar refractivity (Wildman–Crippen MR) is 134 cm³/mol. The molecule has 0 spiro atoms. The average Bonchev–Trinajstić information content (AvgIpc) is 2.81. The molecule has 2 saturated heterocycles. The highest BCUT2D eigenvalue weighted by Crippen LogP contribution is 2.21. The minimum Gasteiger partial charge on any atom is -0.352 e. The molecule has 2 aliphatic rings. The molecule has 1 atom stereocenters. The summed E-state index contributed by atoms with van der Waals surface area (Å²) in [5.74, 6) is 1.14. The lowest BCUT2D eigenvalue weighted by molar-refractivity contribution is -0.126. The van der Waals surface area contributed by atoms with Crippen LogP contribution in [-0.4, -0.2) is 41.9 Å². The van der Waals surface area contributed by atoms with Gasteiger partial charge >= 0.3 is 0 Å². The quantitative estimate of drug-likeness (QED) is 0.570. The van der Waals surface area contributed by atoms with Crippen LogP contribution in [0.3, 0.4) is 0 Å². The number of carbonyl (C=O) groups excluding carboxylic acids is 1. The molecular formula is C27H36BrN3O. The van der Waals surface area contributed by atoms with Gasteiger partial charge in [0.15, 0.2) is 0 Å². The first-order valence-electron chi connectivity index (χ1n) is 12.1. The molecule has 2 aromatic carbocycles. The van der Waals surface area contributed by atoms with Gasteiger partial charge in [-0.15, -0.1) is 0 Å². The van der Waals surface area contributed by atoms with Crippen LogP contribution in [0, 0.1) is 11.8 Å². The van der Waals surface area contributed by atoms with E-state index in [-0.39, 0.29) is 11.8 Å². The van der Waals surface area contributed by atoms with Gasteiger partial charge in [0.1, 0.15) is 0 Å². The summed E-state index contributed by atoms with van der Waals surface area (Å²) in [6.07, 6.45) is 4.69. The first-order chi connectivity index (χ1) is 15.5. The second-order valence-corrected chi connectivity index (χ2v) is 10.6. The number of halogens is 1. The number of rotatable bonds is 7. The van der Waals surface area contributed by atoms with Crippen molar-refractivity contribution in [2.75, 3.05) is 26.2 Å². The van der Waals surface area contributed by atoms with Gasteiger partial charge in [-0.05, 0) is 80.1 Å². The van der Waals surface area contributed by atoms with E-state index in [1.54, 1.807) is 0 Å². The third-order valence-corrected chi connectivity index (χ3v) is 7.50. The first-order valence-corrected chi connectivity index (χ1v) is 12.9. The Kier molecular flexibility index (Phi) is 8.39. The summed E-state index contributed by atoms with van der Waals surface area (Å²) in [6.45, 7) is 9.24. The number of likely N-dealkylation sites (tertiary alicyclic amines) is 2. The van der Waals surface area contributed by atoms with Crippen molar-refractivity contribution in [1.82, 2.24) is 15.1 Å². The van der Waals surface area contributed by atoms with Crippen molar-refractivity contribution in [2.24, 2.45) is 11.8 Å². The topological polar surface area (TPSA) is 35.6 Å². The van der Waals surface area contributed by atoms with Crippen LogP contribution >= 0.6 is 15.9 Å². The van der Waals surface area contributed by atoms with Crippen LogP contribution in [0.2, 0.25) is 0 Å². The van der Waals surface area contributed by atoms with Gasteiger partial charge in [-0.25, -0.2) is 0 Å². The summed E-state index contributed by atoms with van der Waals surface area (Å²) >= 11 is 3.50. The standard InChI is InChI=1S/C27H36BrN3O/c1-21-12-15-30(16-13-21)18-23-6-4-22(5-7-23)17-29-27(32)25-3-2-14-31(20-25)19-24-8-10-26(28)11-9-24/h4-11,21,25H,2-3,12-20H2,1H3,(H,29,32). The number of nitrogens with zero attached hydrogens (tertiary/aromatic N) is 2. The van der Waals surface area contributed by atoms with Crippen molar-refractivity contribution in [3.05, 3.63) is 69.7 Å². The highest BCUT2D eigenvalue weighted by molar-refractivity contribution is 9.10. The van der Waals surface area contributed by atoms with Crippen molar-refractivity contribution in [1.29, 1.82) is 0 Å². The van der Waals surface area contributed by atoms with Crippen LogP contribution in [0.5, 0.6) is 0 Å². The fourth-order valence-corrected chi connectivity index (χ4v) is 5.10. The number of carbonyl (C=O) groups is 1. The van der Waals surface area contributed by atoms with E-state index in [2.05, 4.69) is 86.5 Å². The lowest BCUT2D eigenvalue weighted by Crippen LogP contribution is -2.42. The molecule has 1 unspecified atom stereocenters. The third kappa shape index (κ3) is 6.90. The number of nitrogens with one attached hydrogen (secondary N) is 1. The summed E-state index contributed by atoms with van der Waals surface area (Å²) in [5, 5.41) is 3.18. The Morgan fingerprint density at radius 1 is 0.875 bits per heavy atom. The Morgan fingerprint density at radius 2 is 1.47 bits per heavy atom. The maximum atomic E-state index is 12.8. The zero-order valence-electron chi connectivity index (χ0n) is 19.2. The number of amides is 1. The Labute approximate surface area is 201 Å². The van der Waals surface area contributed by atoms with E-state index in [0.29, 0.717) is 6.54 Å². The number of hydrogen-bond donors (Lipinski definition) is 1. The molecule has 4 nitrogen and oxygen atoms in total. The highest BCUT2D eigenvalue weighted by Gasteiger charge is 2.25. The van der Waals surface area contributed by atoms with E-state index in [0.717, 1.165) is 49.4 Å². The molecule has 5 heteroatoms. The molecule has 2 aromatic rings. The maximum absolute atomic E-state index is 12.8. The molecular weight excluding hydrogens is 462 g/mol. The summed E-state index contributed by atoms with van der Waals surface area (Å²) in [7, 11) is 0. The van der Waals surface area contributed by atoms with Crippen molar-refractivity contribution < 1.29 is 4.79 Å². The largest absolute Gasteiger partial charge is 0.352 e. The minimum atomic E-state index is 0.0833. The van der Waals surface area contributed by atoms with Crippen LogP contribution in [0.1, 0.15) is 49.3 Å². The summed E-state index contributed by atoms with van der Waals surface area (Å²) < 4.78 is 1.10. The molecule has 172 valence electrons. The Hall–Kier alpha value is -1.69. The second kappa shape index (κ2) is 11.4. The highest BCUT2D eigenvalue weighted by atomic mass is 79.9. The van der Waals surface area contributed by atoms with Gasteiger partial charge < -0.3 is 5.32 Å². The third-order valence-electron chi connectivity index (χ3n) is 6.97. The van der Waals surface area contributed by atoms with Gasteiger partial charge in [0.05, 0.1) is 5.92 Å². The van der Waals surface area contributed by atoms with Crippen LogP contribution < -0.4 is 5.32 Å². The number of benzene rings is 2.